The maximum Gasteiger partial charge on any atom is 0.239 e. The Morgan fingerprint density at radius 3 is 2.76 bits per heavy atom. The van der Waals surface area contributed by atoms with Gasteiger partial charge in [-0.05, 0) is 18.9 Å². The number of carbonyl (C=O) groups is 1. The molecule has 0 aliphatic carbocycles. The molecule has 4 N–H and O–H groups in total. The molecule has 1 amide bonds. The Morgan fingerprint density at radius 1 is 1.36 bits per heavy atom. The molecule has 0 aliphatic rings. The maximum absolute atomic E-state index is 12.3. The number of rotatable bonds is 6. The highest BCUT2D eigenvalue weighted by molar-refractivity contribution is 8.00. The summed E-state index contributed by atoms with van der Waals surface area (Å²) in [5.41, 5.74) is 8.65. The van der Waals surface area contributed by atoms with E-state index in [4.69, 9.17) is 5.73 Å². The minimum atomic E-state index is -0.369. The maximum atomic E-state index is 12.3. The number of aromatic amines is 1. The number of nitrogens with one attached hydrogen (secondary N) is 2. The molecule has 0 fully saturated rings. The number of aryl methyl sites for hydroxylation is 1. The summed E-state index contributed by atoms with van der Waals surface area (Å²) in [6.07, 6.45) is 1.00. The molecule has 25 heavy (non-hydrogen) atoms. The van der Waals surface area contributed by atoms with E-state index >= 15 is 0 Å². The van der Waals surface area contributed by atoms with Gasteiger partial charge in [-0.25, -0.2) is 10.1 Å². The first-order valence-electron chi connectivity index (χ1n) is 7.75. The third-order valence-electron chi connectivity index (χ3n) is 3.53. The Kier molecular flexibility index (Phi) is 5.34. The van der Waals surface area contributed by atoms with Crippen LogP contribution in [0.15, 0.2) is 34.8 Å². The van der Waals surface area contributed by atoms with E-state index in [1.54, 1.807) is 6.92 Å². The number of amides is 1. The third-order valence-corrected chi connectivity index (χ3v) is 5.24. The van der Waals surface area contributed by atoms with Crippen molar-refractivity contribution < 1.29 is 4.79 Å². The second kappa shape index (κ2) is 7.66. The molecule has 1 unspecified atom stereocenters. The van der Waals surface area contributed by atoms with Crippen molar-refractivity contribution in [2.75, 3.05) is 11.1 Å². The molecule has 1 aromatic carbocycles. The van der Waals surface area contributed by atoms with Crippen molar-refractivity contribution in [3.05, 3.63) is 35.2 Å². The number of carbonyl (C=O) groups excluding carboxylic acids is 1. The molecule has 0 bridgehead atoms. The second-order valence-corrected chi connectivity index (χ2v) is 7.51. The molecule has 2 aromatic heterocycles. The number of nitrogen functional groups attached to an aromatic ring is 1. The van der Waals surface area contributed by atoms with Crippen molar-refractivity contribution >= 4 is 40.1 Å². The quantitative estimate of drug-likeness (QED) is 0.572. The fourth-order valence-electron chi connectivity index (χ4n) is 2.10. The third kappa shape index (κ3) is 4.37. The summed E-state index contributed by atoms with van der Waals surface area (Å²) in [4.78, 5) is 20.8. The minimum absolute atomic E-state index is 0.157. The highest BCUT2D eigenvalue weighted by Gasteiger charge is 2.18. The van der Waals surface area contributed by atoms with Crippen molar-refractivity contribution in [2.45, 2.75) is 30.7 Å². The van der Waals surface area contributed by atoms with Crippen LogP contribution in [0.5, 0.6) is 0 Å². The molecule has 0 saturated heterocycles. The number of thioether (sulfide) groups is 1. The molecule has 1 atom stereocenters. The Morgan fingerprint density at radius 2 is 2.12 bits per heavy atom. The van der Waals surface area contributed by atoms with Crippen LogP contribution in [0.4, 0.5) is 11.1 Å². The molecule has 3 aromatic rings. The summed E-state index contributed by atoms with van der Waals surface area (Å²) in [7, 11) is 0. The summed E-state index contributed by atoms with van der Waals surface area (Å²) >= 11 is 2.63. The molecular formula is C16H18N6OS2. The SMILES string of the molecule is CCc1ccc(-c2csc(NC(=O)C(C)Sc3n[nH]c(N)n3)n2)cc1. The molecule has 130 valence electrons. The Hall–Kier alpha value is -2.39. The van der Waals surface area contributed by atoms with E-state index in [1.807, 2.05) is 17.5 Å². The summed E-state index contributed by atoms with van der Waals surface area (Å²) in [5.74, 6) is 0.0735. The Labute approximate surface area is 153 Å². The summed E-state index contributed by atoms with van der Waals surface area (Å²) in [5, 5.41) is 11.9. The number of anilines is 2. The average Bonchev–Trinajstić information content (AvgIpc) is 3.24. The predicted molar refractivity (Wildman–Crippen MR) is 102 cm³/mol. The molecule has 0 radical (unpaired) electrons. The van der Waals surface area contributed by atoms with E-state index in [0.717, 1.165) is 17.7 Å². The molecule has 2 heterocycles. The van der Waals surface area contributed by atoms with Crippen LogP contribution in [0.2, 0.25) is 0 Å². The summed E-state index contributed by atoms with van der Waals surface area (Å²) < 4.78 is 0. The van der Waals surface area contributed by atoms with Crippen molar-refractivity contribution in [1.82, 2.24) is 20.2 Å². The normalized spacial score (nSPS) is 12.1. The number of H-pyrrole nitrogens is 1. The molecule has 0 saturated carbocycles. The van der Waals surface area contributed by atoms with Crippen LogP contribution >= 0.6 is 23.1 Å². The zero-order valence-electron chi connectivity index (χ0n) is 13.8. The van der Waals surface area contributed by atoms with Crippen molar-refractivity contribution in [2.24, 2.45) is 0 Å². The van der Waals surface area contributed by atoms with Gasteiger partial charge in [0.15, 0.2) is 5.13 Å². The van der Waals surface area contributed by atoms with Crippen molar-refractivity contribution in [3.8, 4) is 11.3 Å². The highest BCUT2D eigenvalue weighted by atomic mass is 32.2. The highest BCUT2D eigenvalue weighted by Crippen LogP contribution is 2.26. The van der Waals surface area contributed by atoms with Gasteiger partial charge in [-0.15, -0.1) is 16.4 Å². The van der Waals surface area contributed by atoms with E-state index in [2.05, 4.69) is 44.5 Å². The molecule has 9 heteroatoms. The Bertz CT molecular complexity index is 858. The molecule has 3 rings (SSSR count). The predicted octanol–water partition coefficient (Wildman–Crippen LogP) is 3.19. The lowest BCUT2D eigenvalue weighted by molar-refractivity contribution is -0.115. The number of hydrogen-bond acceptors (Lipinski definition) is 7. The van der Waals surface area contributed by atoms with Crippen LogP contribution in [-0.2, 0) is 11.2 Å². The number of aromatic nitrogens is 4. The summed E-state index contributed by atoms with van der Waals surface area (Å²) in [6.45, 7) is 3.90. The standard InChI is InChI=1S/C16H18N6OS2/c1-3-10-4-6-11(7-5-10)12-8-24-15(18-12)19-13(23)9(2)25-16-20-14(17)21-22-16/h4-9H,3H2,1-2H3,(H,18,19,23)(H3,17,20,21,22). The molecule has 0 aliphatic heterocycles. The zero-order chi connectivity index (χ0) is 17.8. The minimum Gasteiger partial charge on any atom is -0.368 e. The van der Waals surface area contributed by atoms with Gasteiger partial charge in [-0.3, -0.25) is 4.79 Å². The zero-order valence-corrected chi connectivity index (χ0v) is 15.4. The van der Waals surface area contributed by atoms with Crippen LogP contribution in [0.3, 0.4) is 0 Å². The first-order valence-corrected chi connectivity index (χ1v) is 9.51. The first kappa shape index (κ1) is 17.4. The van der Waals surface area contributed by atoms with Crippen LogP contribution in [-0.4, -0.2) is 31.3 Å². The van der Waals surface area contributed by atoms with Gasteiger partial charge in [-0.2, -0.15) is 4.98 Å². The van der Waals surface area contributed by atoms with Gasteiger partial charge in [0.1, 0.15) is 0 Å². The number of thiazole rings is 1. The number of benzene rings is 1. The average molecular weight is 374 g/mol. The van der Waals surface area contributed by atoms with E-state index in [1.165, 1.54) is 28.7 Å². The lowest BCUT2D eigenvalue weighted by Gasteiger charge is -2.07. The van der Waals surface area contributed by atoms with E-state index in [-0.39, 0.29) is 17.1 Å². The second-order valence-electron chi connectivity index (χ2n) is 5.34. The number of nitrogens with zero attached hydrogens (tertiary/aromatic N) is 3. The Balaban J connectivity index is 1.62. The lowest BCUT2D eigenvalue weighted by Crippen LogP contribution is -2.22. The van der Waals surface area contributed by atoms with E-state index in [0.29, 0.717) is 10.3 Å². The van der Waals surface area contributed by atoms with E-state index in [9.17, 15) is 4.79 Å². The molecule has 0 spiro atoms. The first-order chi connectivity index (χ1) is 12.0. The van der Waals surface area contributed by atoms with Crippen LogP contribution in [0, 0.1) is 0 Å². The smallest absolute Gasteiger partial charge is 0.239 e. The fraction of sp³-hybridized carbons (Fsp3) is 0.250. The fourth-order valence-corrected chi connectivity index (χ4v) is 3.56. The van der Waals surface area contributed by atoms with Crippen molar-refractivity contribution in [3.63, 3.8) is 0 Å². The number of nitrogens with two attached hydrogens (primary N) is 1. The molecular weight excluding hydrogens is 356 g/mol. The van der Waals surface area contributed by atoms with E-state index < -0.39 is 0 Å². The van der Waals surface area contributed by atoms with Crippen LogP contribution in [0.25, 0.3) is 11.3 Å². The van der Waals surface area contributed by atoms with Crippen molar-refractivity contribution in [1.29, 1.82) is 0 Å². The summed E-state index contributed by atoms with van der Waals surface area (Å²) in [6, 6.07) is 8.28. The monoisotopic (exact) mass is 374 g/mol. The topological polar surface area (TPSA) is 110 Å². The lowest BCUT2D eigenvalue weighted by atomic mass is 10.1. The van der Waals surface area contributed by atoms with Gasteiger partial charge >= 0.3 is 0 Å². The van der Waals surface area contributed by atoms with Gasteiger partial charge in [0.25, 0.3) is 0 Å². The van der Waals surface area contributed by atoms with Gasteiger partial charge in [0.2, 0.25) is 17.0 Å². The largest absolute Gasteiger partial charge is 0.368 e. The number of hydrogen-bond donors (Lipinski definition) is 3. The van der Waals surface area contributed by atoms with Crippen LogP contribution in [0.1, 0.15) is 19.4 Å². The molecule has 7 nitrogen and oxygen atoms in total. The van der Waals surface area contributed by atoms with Gasteiger partial charge in [-0.1, -0.05) is 43.0 Å². The van der Waals surface area contributed by atoms with Gasteiger partial charge in [0, 0.05) is 10.9 Å². The van der Waals surface area contributed by atoms with Crippen LogP contribution < -0.4 is 11.1 Å². The van der Waals surface area contributed by atoms with Gasteiger partial charge in [0.05, 0.1) is 10.9 Å². The van der Waals surface area contributed by atoms with Gasteiger partial charge < -0.3 is 11.1 Å².